The van der Waals surface area contributed by atoms with Gasteiger partial charge in [0.25, 0.3) is 0 Å². The van der Waals surface area contributed by atoms with Crippen molar-refractivity contribution in [1.82, 2.24) is 0 Å². The molecule has 1 atom stereocenters. The number of carbonyl (C=O) groups is 1. The molecule has 2 heterocycles. The summed E-state index contributed by atoms with van der Waals surface area (Å²) in [4.78, 5) is 23.9. The van der Waals surface area contributed by atoms with Crippen LogP contribution >= 0.6 is 11.3 Å². The molecule has 0 amide bonds. The molecule has 0 radical (unpaired) electrons. The fourth-order valence-electron chi connectivity index (χ4n) is 2.18. The molecule has 20 heavy (non-hydrogen) atoms. The van der Waals surface area contributed by atoms with Crippen molar-refractivity contribution in [3.63, 3.8) is 0 Å². The second kappa shape index (κ2) is 5.13. The zero-order valence-corrected chi connectivity index (χ0v) is 12.7. The minimum Gasteiger partial charge on any atom is -0.353 e. The molecule has 1 aliphatic heterocycles. The maximum atomic E-state index is 11.6. The first-order chi connectivity index (χ1) is 9.21. The van der Waals surface area contributed by atoms with E-state index in [4.69, 9.17) is 0 Å². The van der Waals surface area contributed by atoms with Crippen LogP contribution in [0.1, 0.15) is 23.5 Å². The van der Waals surface area contributed by atoms with Gasteiger partial charge in [-0.15, -0.1) is 11.3 Å². The number of nitrogens with zero attached hydrogens (tertiary/aromatic N) is 2. The topological polar surface area (TPSA) is 97.6 Å². The first-order valence-electron chi connectivity index (χ1n) is 5.97. The molecule has 1 aromatic rings. The van der Waals surface area contributed by atoms with Gasteiger partial charge in [0, 0.05) is 18.7 Å². The van der Waals surface area contributed by atoms with Gasteiger partial charge in [-0.25, -0.2) is 8.42 Å². The summed E-state index contributed by atoms with van der Waals surface area (Å²) in [7, 11) is -3.09. The molecule has 2 rings (SSSR count). The average molecular weight is 318 g/mol. The normalized spacial score (nSPS) is 21.7. The van der Waals surface area contributed by atoms with E-state index >= 15 is 0 Å². The lowest BCUT2D eigenvalue weighted by atomic mass is 10.3. The zero-order valence-electron chi connectivity index (χ0n) is 11.0. The summed E-state index contributed by atoms with van der Waals surface area (Å²) < 4.78 is 23.1. The molecule has 110 valence electrons. The molecule has 0 aliphatic carbocycles. The van der Waals surface area contributed by atoms with Gasteiger partial charge in [0.05, 0.1) is 21.3 Å². The van der Waals surface area contributed by atoms with Crippen LogP contribution in [-0.2, 0) is 9.84 Å². The van der Waals surface area contributed by atoms with E-state index in [1.807, 2.05) is 0 Å². The van der Waals surface area contributed by atoms with Gasteiger partial charge < -0.3 is 4.90 Å². The fourth-order valence-corrected chi connectivity index (χ4v) is 4.89. The lowest BCUT2D eigenvalue weighted by Gasteiger charge is -2.33. The Labute approximate surface area is 120 Å². The van der Waals surface area contributed by atoms with Crippen LogP contribution in [0.3, 0.4) is 0 Å². The highest BCUT2D eigenvalue weighted by Crippen LogP contribution is 2.39. The Morgan fingerprint density at radius 3 is 2.70 bits per heavy atom. The number of thiophene rings is 1. The Balaban J connectivity index is 2.42. The van der Waals surface area contributed by atoms with Crippen LogP contribution in [0, 0.1) is 10.1 Å². The van der Waals surface area contributed by atoms with Crippen molar-refractivity contribution in [3.8, 4) is 0 Å². The quantitative estimate of drug-likeness (QED) is 0.476. The highest BCUT2D eigenvalue weighted by Gasteiger charge is 2.34. The maximum Gasteiger partial charge on any atom is 0.304 e. The van der Waals surface area contributed by atoms with Crippen molar-refractivity contribution < 1.29 is 18.1 Å². The third kappa shape index (κ3) is 2.83. The molecule has 7 nitrogen and oxygen atoms in total. The first kappa shape index (κ1) is 14.9. The monoisotopic (exact) mass is 318 g/mol. The predicted octanol–water partition coefficient (Wildman–Crippen LogP) is 1.48. The third-order valence-electron chi connectivity index (χ3n) is 3.17. The third-order valence-corrected chi connectivity index (χ3v) is 6.23. The van der Waals surface area contributed by atoms with E-state index in [-0.39, 0.29) is 35.6 Å². The van der Waals surface area contributed by atoms with Crippen molar-refractivity contribution in [2.45, 2.75) is 19.9 Å². The Kier molecular flexibility index (Phi) is 3.83. The summed E-state index contributed by atoms with van der Waals surface area (Å²) in [6.45, 7) is 3.28. The molecule has 0 bridgehead atoms. The van der Waals surface area contributed by atoms with Crippen LogP contribution in [0.15, 0.2) is 6.07 Å². The van der Waals surface area contributed by atoms with Crippen LogP contribution in [-0.4, -0.2) is 43.2 Å². The lowest BCUT2D eigenvalue weighted by Crippen LogP contribution is -2.46. The van der Waals surface area contributed by atoms with Crippen LogP contribution in [0.25, 0.3) is 0 Å². The first-order valence-corrected chi connectivity index (χ1v) is 8.61. The van der Waals surface area contributed by atoms with Crippen molar-refractivity contribution >= 4 is 37.6 Å². The molecule has 0 saturated carbocycles. The van der Waals surface area contributed by atoms with Crippen LogP contribution in [0.4, 0.5) is 10.7 Å². The fraction of sp³-hybridized carbons (Fsp3) is 0.545. The van der Waals surface area contributed by atoms with E-state index in [9.17, 15) is 23.3 Å². The van der Waals surface area contributed by atoms with Crippen LogP contribution in [0.2, 0.25) is 0 Å². The number of rotatable bonds is 3. The van der Waals surface area contributed by atoms with Crippen molar-refractivity contribution in [3.05, 3.63) is 21.1 Å². The average Bonchev–Trinajstić information content (AvgIpc) is 2.72. The molecular weight excluding hydrogens is 304 g/mol. The summed E-state index contributed by atoms with van der Waals surface area (Å²) >= 11 is 1.05. The Morgan fingerprint density at radius 1 is 1.55 bits per heavy atom. The molecule has 0 spiro atoms. The molecule has 1 saturated heterocycles. The van der Waals surface area contributed by atoms with Gasteiger partial charge >= 0.3 is 5.69 Å². The number of nitro groups is 1. The molecule has 1 aliphatic rings. The zero-order chi connectivity index (χ0) is 15.1. The van der Waals surface area contributed by atoms with E-state index in [2.05, 4.69) is 0 Å². The van der Waals surface area contributed by atoms with Gasteiger partial charge in [0.15, 0.2) is 20.6 Å². The summed E-state index contributed by atoms with van der Waals surface area (Å²) in [6, 6.07) is 0.920. The van der Waals surface area contributed by atoms with Gasteiger partial charge in [-0.1, -0.05) is 0 Å². The molecule has 9 heteroatoms. The number of hydrogen-bond acceptors (Lipinski definition) is 7. The largest absolute Gasteiger partial charge is 0.353 e. The molecule has 1 unspecified atom stereocenters. The number of ketones is 1. The van der Waals surface area contributed by atoms with Crippen LogP contribution in [0.5, 0.6) is 0 Å². The van der Waals surface area contributed by atoms with E-state index in [1.54, 1.807) is 11.8 Å². The minimum atomic E-state index is -3.09. The van der Waals surface area contributed by atoms with Gasteiger partial charge in [0.1, 0.15) is 0 Å². The Morgan fingerprint density at radius 2 is 2.20 bits per heavy atom. The Bertz CT molecular complexity index is 664. The van der Waals surface area contributed by atoms with Gasteiger partial charge in [-0.05, 0) is 13.8 Å². The summed E-state index contributed by atoms with van der Waals surface area (Å²) in [5.41, 5.74) is -0.133. The summed E-state index contributed by atoms with van der Waals surface area (Å²) in [6.07, 6.45) is 0. The molecule has 1 aromatic heterocycles. The number of Topliss-reactive ketones (excluding diaryl/α,β-unsaturated/α-hetero) is 1. The minimum absolute atomic E-state index is 0.0260. The van der Waals surface area contributed by atoms with E-state index < -0.39 is 14.8 Å². The van der Waals surface area contributed by atoms with Crippen molar-refractivity contribution in [1.29, 1.82) is 0 Å². The van der Waals surface area contributed by atoms with Crippen LogP contribution < -0.4 is 4.90 Å². The second-order valence-electron chi connectivity index (χ2n) is 4.77. The maximum absolute atomic E-state index is 11.6. The highest BCUT2D eigenvalue weighted by molar-refractivity contribution is 7.91. The number of anilines is 1. The summed E-state index contributed by atoms with van der Waals surface area (Å²) in [5, 5.41) is 11.5. The number of sulfone groups is 1. The van der Waals surface area contributed by atoms with E-state index in [1.165, 1.54) is 13.0 Å². The van der Waals surface area contributed by atoms with Crippen molar-refractivity contribution in [2.75, 3.05) is 23.0 Å². The SMILES string of the molecule is CC(=O)c1cc([N+](=O)[O-])c(N2CCS(=O)(=O)CC2C)s1. The van der Waals surface area contributed by atoms with E-state index in [0.717, 1.165) is 11.3 Å². The van der Waals surface area contributed by atoms with Crippen molar-refractivity contribution in [2.24, 2.45) is 0 Å². The molecule has 0 N–H and O–H groups in total. The summed E-state index contributed by atoms with van der Waals surface area (Å²) in [5.74, 6) is -0.291. The van der Waals surface area contributed by atoms with Gasteiger partial charge in [0.2, 0.25) is 0 Å². The lowest BCUT2D eigenvalue weighted by molar-refractivity contribution is -0.383. The van der Waals surface area contributed by atoms with Gasteiger partial charge in [-0.2, -0.15) is 0 Å². The molecule has 0 aromatic carbocycles. The smallest absolute Gasteiger partial charge is 0.304 e. The highest BCUT2D eigenvalue weighted by atomic mass is 32.2. The Hall–Kier alpha value is -1.48. The van der Waals surface area contributed by atoms with Gasteiger partial charge in [-0.3, -0.25) is 14.9 Å². The number of carbonyl (C=O) groups excluding carboxylic acids is 1. The second-order valence-corrected chi connectivity index (χ2v) is 8.03. The molecular formula is C11H14N2O5S2. The molecule has 1 fully saturated rings. The standard InChI is InChI=1S/C11H14N2O5S2/c1-7-6-20(17,18)4-3-12(7)11-9(13(15)16)5-10(19-11)8(2)14/h5,7H,3-4,6H2,1-2H3. The predicted molar refractivity (Wildman–Crippen MR) is 76.4 cm³/mol. The van der Waals surface area contributed by atoms with E-state index in [0.29, 0.717) is 9.88 Å². The number of hydrogen-bond donors (Lipinski definition) is 0.